The van der Waals surface area contributed by atoms with Crippen LogP contribution in [0.1, 0.15) is 0 Å². The SMILES string of the molecule is N/C(=N/O)C(CNc1ccccc1)C(F)(F)F. The van der Waals surface area contributed by atoms with Gasteiger partial charge in [0.25, 0.3) is 0 Å². The Morgan fingerprint density at radius 1 is 1.35 bits per heavy atom. The maximum Gasteiger partial charge on any atom is 0.400 e. The fraction of sp³-hybridized carbons (Fsp3) is 0.300. The van der Waals surface area contributed by atoms with Gasteiger partial charge in [-0.3, -0.25) is 0 Å². The van der Waals surface area contributed by atoms with E-state index >= 15 is 0 Å². The maximum absolute atomic E-state index is 12.5. The Labute approximate surface area is 95.9 Å². The van der Waals surface area contributed by atoms with Gasteiger partial charge in [0, 0.05) is 12.2 Å². The predicted octanol–water partition coefficient (Wildman–Crippen LogP) is 2.02. The summed E-state index contributed by atoms with van der Waals surface area (Å²) in [6.45, 7) is -0.483. The molecule has 0 radical (unpaired) electrons. The van der Waals surface area contributed by atoms with Gasteiger partial charge in [-0.05, 0) is 12.1 Å². The summed E-state index contributed by atoms with van der Waals surface area (Å²) in [5.41, 5.74) is 5.54. The molecule has 1 unspecified atom stereocenters. The molecule has 4 nitrogen and oxygen atoms in total. The van der Waals surface area contributed by atoms with Crippen molar-refractivity contribution in [2.45, 2.75) is 6.18 Å². The summed E-state index contributed by atoms with van der Waals surface area (Å²) in [5, 5.41) is 13.3. The first-order valence-corrected chi connectivity index (χ1v) is 4.78. The number of alkyl halides is 3. The van der Waals surface area contributed by atoms with Crippen LogP contribution in [0.3, 0.4) is 0 Å². The molecule has 0 aliphatic carbocycles. The number of para-hydroxylation sites is 1. The van der Waals surface area contributed by atoms with E-state index < -0.39 is 24.5 Å². The molecule has 4 N–H and O–H groups in total. The molecule has 0 fully saturated rings. The van der Waals surface area contributed by atoms with E-state index in [1.54, 1.807) is 30.3 Å². The third-order valence-electron chi connectivity index (χ3n) is 2.15. The molecule has 0 spiro atoms. The zero-order valence-electron chi connectivity index (χ0n) is 8.78. The first kappa shape index (κ1) is 13.1. The highest BCUT2D eigenvalue weighted by molar-refractivity contribution is 5.83. The largest absolute Gasteiger partial charge is 0.409 e. The number of rotatable bonds is 4. The lowest BCUT2D eigenvalue weighted by atomic mass is 10.1. The van der Waals surface area contributed by atoms with Crippen molar-refractivity contribution in [3.05, 3.63) is 30.3 Å². The number of benzene rings is 1. The summed E-state index contributed by atoms with van der Waals surface area (Å²) in [6, 6.07) is 8.37. The molecule has 1 atom stereocenters. The lowest BCUT2D eigenvalue weighted by molar-refractivity contribution is -0.152. The van der Waals surface area contributed by atoms with E-state index in [1.165, 1.54) is 0 Å². The fourth-order valence-electron chi connectivity index (χ4n) is 1.23. The van der Waals surface area contributed by atoms with Gasteiger partial charge >= 0.3 is 6.18 Å². The number of nitrogens with one attached hydrogen (secondary N) is 1. The van der Waals surface area contributed by atoms with E-state index in [0.29, 0.717) is 5.69 Å². The molecule has 0 heterocycles. The summed E-state index contributed by atoms with van der Waals surface area (Å²) >= 11 is 0. The van der Waals surface area contributed by atoms with Crippen LogP contribution in [0.25, 0.3) is 0 Å². The molecule has 0 amide bonds. The van der Waals surface area contributed by atoms with Crippen LogP contribution in [0.5, 0.6) is 0 Å². The second kappa shape index (κ2) is 5.42. The molecule has 0 aromatic heterocycles. The fourth-order valence-corrected chi connectivity index (χ4v) is 1.23. The Balaban J connectivity index is 2.69. The molecule has 17 heavy (non-hydrogen) atoms. The van der Waals surface area contributed by atoms with E-state index in [2.05, 4.69) is 10.5 Å². The standard InChI is InChI=1S/C10H12F3N3O/c11-10(12,13)8(9(14)16-17)6-15-7-4-2-1-3-5-7/h1-5,8,15,17H,6H2,(H2,14,16). The van der Waals surface area contributed by atoms with Crippen LogP contribution in [0.2, 0.25) is 0 Å². The second-order valence-corrected chi connectivity index (χ2v) is 3.37. The zero-order valence-corrected chi connectivity index (χ0v) is 8.78. The van der Waals surface area contributed by atoms with E-state index in [4.69, 9.17) is 10.9 Å². The van der Waals surface area contributed by atoms with Crippen molar-refractivity contribution in [3.63, 3.8) is 0 Å². The Kier molecular flexibility index (Phi) is 4.19. The summed E-state index contributed by atoms with van der Waals surface area (Å²) < 4.78 is 37.6. The molecule has 0 saturated heterocycles. The Hall–Kier alpha value is -1.92. The number of nitrogens with zero attached hydrogens (tertiary/aromatic N) is 1. The molecular weight excluding hydrogens is 235 g/mol. The van der Waals surface area contributed by atoms with Crippen molar-refractivity contribution in [1.82, 2.24) is 0 Å². The zero-order chi connectivity index (χ0) is 12.9. The minimum absolute atomic E-state index is 0.483. The summed E-state index contributed by atoms with van der Waals surface area (Å²) in [4.78, 5) is 0. The summed E-state index contributed by atoms with van der Waals surface area (Å²) in [6.07, 6.45) is -4.56. The molecule has 0 saturated carbocycles. The van der Waals surface area contributed by atoms with Crippen LogP contribution in [0.4, 0.5) is 18.9 Å². The van der Waals surface area contributed by atoms with E-state index in [9.17, 15) is 13.2 Å². The van der Waals surface area contributed by atoms with Gasteiger partial charge < -0.3 is 16.3 Å². The topological polar surface area (TPSA) is 70.6 Å². The lowest BCUT2D eigenvalue weighted by Crippen LogP contribution is -2.40. The average molecular weight is 247 g/mol. The Bertz CT molecular complexity index is 378. The van der Waals surface area contributed by atoms with Crippen molar-refractivity contribution in [1.29, 1.82) is 0 Å². The average Bonchev–Trinajstić information content (AvgIpc) is 2.28. The van der Waals surface area contributed by atoms with Gasteiger partial charge in [-0.15, -0.1) is 0 Å². The van der Waals surface area contributed by atoms with Crippen molar-refractivity contribution >= 4 is 11.5 Å². The minimum Gasteiger partial charge on any atom is -0.409 e. The highest BCUT2D eigenvalue weighted by Gasteiger charge is 2.42. The van der Waals surface area contributed by atoms with Gasteiger partial charge in [-0.1, -0.05) is 23.4 Å². The Morgan fingerprint density at radius 3 is 2.41 bits per heavy atom. The van der Waals surface area contributed by atoms with E-state index in [-0.39, 0.29) is 0 Å². The third kappa shape index (κ3) is 3.86. The number of anilines is 1. The summed E-state index contributed by atoms with van der Waals surface area (Å²) in [7, 11) is 0. The van der Waals surface area contributed by atoms with Crippen molar-refractivity contribution in [2.24, 2.45) is 16.8 Å². The molecule has 1 aromatic rings. The van der Waals surface area contributed by atoms with Crippen LogP contribution in [0.15, 0.2) is 35.5 Å². The first-order valence-electron chi connectivity index (χ1n) is 4.78. The van der Waals surface area contributed by atoms with Gasteiger partial charge in [0.15, 0.2) is 5.84 Å². The van der Waals surface area contributed by atoms with Gasteiger partial charge in [-0.25, -0.2) is 0 Å². The number of hydrogen-bond acceptors (Lipinski definition) is 3. The third-order valence-corrected chi connectivity index (χ3v) is 2.15. The lowest BCUT2D eigenvalue weighted by Gasteiger charge is -2.19. The van der Waals surface area contributed by atoms with Crippen LogP contribution in [-0.2, 0) is 0 Å². The second-order valence-electron chi connectivity index (χ2n) is 3.37. The monoisotopic (exact) mass is 247 g/mol. The van der Waals surface area contributed by atoms with Crippen LogP contribution < -0.4 is 11.1 Å². The molecule has 0 bridgehead atoms. The molecule has 0 aliphatic heterocycles. The molecule has 1 aromatic carbocycles. The number of hydrogen-bond donors (Lipinski definition) is 3. The molecule has 94 valence electrons. The highest BCUT2D eigenvalue weighted by atomic mass is 19.4. The van der Waals surface area contributed by atoms with Crippen LogP contribution in [-0.4, -0.2) is 23.8 Å². The molecule has 7 heteroatoms. The van der Waals surface area contributed by atoms with Crippen LogP contribution in [0, 0.1) is 5.92 Å². The van der Waals surface area contributed by atoms with Crippen molar-refractivity contribution < 1.29 is 18.4 Å². The van der Waals surface area contributed by atoms with Crippen LogP contribution >= 0.6 is 0 Å². The smallest absolute Gasteiger partial charge is 0.400 e. The summed E-state index contributed by atoms with van der Waals surface area (Å²) in [5.74, 6) is -2.88. The first-order chi connectivity index (χ1) is 7.95. The van der Waals surface area contributed by atoms with Gasteiger partial charge in [0.1, 0.15) is 5.92 Å². The molecule has 0 aliphatic rings. The van der Waals surface area contributed by atoms with E-state index in [1.807, 2.05) is 0 Å². The van der Waals surface area contributed by atoms with Gasteiger partial charge in [0.05, 0.1) is 0 Å². The number of halogens is 3. The maximum atomic E-state index is 12.5. The van der Waals surface area contributed by atoms with Crippen molar-refractivity contribution in [3.8, 4) is 0 Å². The van der Waals surface area contributed by atoms with Gasteiger partial charge in [-0.2, -0.15) is 13.2 Å². The normalized spacial score (nSPS) is 14.4. The highest BCUT2D eigenvalue weighted by Crippen LogP contribution is 2.26. The molecule has 1 rings (SSSR count). The molecular formula is C10H12F3N3O. The number of amidine groups is 1. The predicted molar refractivity (Wildman–Crippen MR) is 57.9 cm³/mol. The Morgan fingerprint density at radius 2 is 1.94 bits per heavy atom. The number of nitrogens with two attached hydrogens (primary N) is 1. The quantitative estimate of drug-likeness (QED) is 0.330. The number of oxime groups is 1. The van der Waals surface area contributed by atoms with Crippen molar-refractivity contribution in [2.75, 3.05) is 11.9 Å². The van der Waals surface area contributed by atoms with Gasteiger partial charge in [0.2, 0.25) is 0 Å². The minimum atomic E-state index is -4.56. The van der Waals surface area contributed by atoms with E-state index in [0.717, 1.165) is 0 Å².